The molecule has 24 heavy (non-hydrogen) atoms. The van der Waals surface area contributed by atoms with Gasteiger partial charge >= 0.3 is 0 Å². The summed E-state index contributed by atoms with van der Waals surface area (Å²) in [7, 11) is 0. The van der Waals surface area contributed by atoms with E-state index in [4.69, 9.17) is 11.6 Å². The molecule has 0 radical (unpaired) electrons. The number of aromatic amines is 1. The second-order valence-corrected chi connectivity index (χ2v) is 6.65. The second kappa shape index (κ2) is 6.42. The smallest absolute Gasteiger partial charge is 0.270 e. The molecule has 2 heterocycles. The zero-order chi connectivity index (χ0) is 17.3. The third-order valence-electron chi connectivity index (χ3n) is 3.23. The Morgan fingerprint density at radius 1 is 1.33 bits per heavy atom. The number of nitro groups is 1. The van der Waals surface area contributed by atoms with E-state index in [1.54, 1.807) is 17.4 Å². The van der Waals surface area contributed by atoms with Crippen molar-refractivity contribution in [3.8, 4) is 10.6 Å². The largest absolute Gasteiger partial charge is 0.305 e. The van der Waals surface area contributed by atoms with Crippen LogP contribution in [0, 0.1) is 17.0 Å². The molecule has 0 spiro atoms. The van der Waals surface area contributed by atoms with Gasteiger partial charge in [-0.25, -0.2) is 0 Å². The van der Waals surface area contributed by atoms with Gasteiger partial charge in [-0.1, -0.05) is 11.6 Å². The topological polar surface area (TPSA) is 101 Å². The van der Waals surface area contributed by atoms with Gasteiger partial charge in [0.25, 0.3) is 11.6 Å². The quantitative estimate of drug-likeness (QED) is 0.534. The lowest BCUT2D eigenvalue weighted by Crippen LogP contribution is -2.12. The van der Waals surface area contributed by atoms with Gasteiger partial charge in [-0.3, -0.25) is 20.0 Å². The van der Waals surface area contributed by atoms with Crippen molar-refractivity contribution in [2.24, 2.45) is 0 Å². The van der Waals surface area contributed by atoms with Crippen LogP contribution in [0.5, 0.6) is 0 Å². The number of rotatable bonds is 4. The first-order valence-corrected chi connectivity index (χ1v) is 8.01. The molecule has 3 rings (SSSR count). The van der Waals surface area contributed by atoms with Gasteiger partial charge in [-0.2, -0.15) is 5.10 Å². The molecule has 0 aliphatic carbocycles. The first-order chi connectivity index (χ1) is 11.4. The average Bonchev–Trinajstić information content (AvgIpc) is 3.15. The van der Waals surface area contributed by atoms with Crippen molar-refractivity contribution >= 4 is 40.4 Å². The van der Waals surface area contributed by atoms with Crippen molar-refractivity contribution in [1.29, 1.82) is 0 Å². The molecule has 0 unspecified atom stereocenters. The minimum absolute atomic E-state index is 0.00587. The number of thiophene rings is 1. The number of hydrogen-bond acceptors (Lipinski definition) is 5. The summed E-state index contributed by atoms with van der Waals surface area (Å²) < 4.78 is 0. The van der Waals surface area contributed by atoms with Crippen LogP contribution < -0.4 is 5.32 Å². The Morgan fingerprint density at radius 2 is 2.12 bits per heavy atom. The number of nitrogens with zero attached hydrogens (tertiary/aromatic N) is 2. The number of anilines is 1. The Kier molecular flexibility index (Phi) is 4.32. The molecule has 7 nitrogen and oxygen atoms in total. The molecule has 2 aromatic heterocycles. The van der Waals surface area contributed by atoms with Gasteiger partial charge in [0.2, 0.25) is 0 Å². The van der Waals surface area contributed by atoms with Crippen LogP contribution in [0.2, 0.25) is 5.02 Å². The fourth-order valence-corrected chi connectivity index (χ4v) is 3.17. The van der Waals surface area contributed by atoms with Gasteiger partial charge in [0.15, 0.2) is 5.82 Å². The lowest BCUT2D eigenvalue weighted by atomic mass is 10.2. The number of nitrogens with one attached hydrogen (secondary N) is 2. The molecule has 1 aromatic carbocycles. The van der Waals surface area contributed by atoms with Crippen molar-refractivity contribution in [3.05, 3.63) is 62.0 Å². The lowest BCUT2D eigenvalue weighted by molar-refractivity contribution is -0.384. The van der Waals surface area contributed by atoms with Crippen molar-refractivity contribution in [2.75, 3.05) is 5.32 Å². The average molecular weight is 363 g/mol. The third kappa shape index (κ3) is 3.29. The van der Waals surface area contributed by atoms with Crippen LogP contribution in [0.3, 0.4) is 0 Å². The number of aryl methyl sites for hydroxylation is 1. The van der Waals surface area contributed by atoms with Crippen LogP contribution in [-0.4, -0.2) is 21.0 Å². The summed E-state index contributed by atoms with van der Waals surface area (Å²) in [6, 6.07) is 9.35. The first-order valence-electron chi connectivity index (χ1n) is 6.81. The van der Waals surface area contributed by atoms with Crippen LogP contribution >= 0.6 is 22.9 Å². The predicted molar refractivity (Wildman–Crippen MR) is 92.7 cm³/mol. The number of carbonyl (C=O) groups is 1. The summed E-state index contributed by atoms with van der Waals surface area (Å²) in [5.74, 6) is -0.147. The predicted octanol–water partition coefficient (Wildman–Crippen LogP) is 4.26. The minimum atomic E-state index is -0.573. The second-order valence-electron chi connectivity index (χ2n) is 4.95. The fourth-order valence-electron chi connectivity index (χ4n) is 2.08. The standard InChI is InChI=1S/C15H11ClN4O3S/c1-8-2-5-13(24-8)12-7-14(19-18-12)17-15(21)10-4-3-9(20(22)23)6-11(10)16/h2-7H,1H3,(H2,17,18,19,21). The Labute approximate surface area is 145 Å². The maximum absolute atomic E-state index is 12.2. The summed E-state index contributed by atoms with van der Waals surface area (Å²) in [6.45, 7) is 2.00. The fraction of sp³-hybridized carbons (Fsp3) is 0.0667. The van der Waals surface area contributed by atoms with Crippen molar-refractivity contribution in [1.82, 2.24) is 10.2 Å². The number of halogens is 1. The molecule has 0 saturated carbocycles. The minimum Gasteiger partial charge on any atom is -0.305 e. The third-order valence-corrected chi connectivity index (χ3v) is 4.58. The Morgan fingerprint density at radius 3 is 2.75 bits per heavy atom. The van der Waals surface area contributed by atoms with E-state index >= 15 is 0 Å². The molecule has 0 bridgehead atoms. The van der Waals surface area contributed by atoms with Gasteiger partial charge in [-0.05, 0) is 25.1 Å². The van der Waals surface area contributed by atoms with E-state index in [0.29, 0.717) is 5.82 Å². The van der Waals surface area contributed by atoms with Crippen LogP contribution in [-0.2, 0) is 0 Å². The molecule has 0 aliphatic heterocycles. The highest BCUT2D eigenvalue weighted by atomic mass is 35.5. The number of non-ortho nitro benzene ring substituents is 1. The van der Waals surface area contributed by atoms with E-state index in [2.05, 4.69) is 15.5 Å². The molecule has 0 atom stereocenters. The summed E-state index contributed by atoms with van der Waals surface area (Å²) in [4.78, 5) is 24.6. The van der Waals surface area contributed by atoms with E-state index in [0.717, 1.165) is 16.6 Å². The zero-order valence-corrected chi connectivity index (χ0v) is 13.9. The van der Waals surface area contributed by atoms with Crippen LogP contribution in [0.4, 0.5) is 11.5 Å². The molecule has 0 aliphatic rings. The highest BCUT2D eigenvalue weighted by Gasteiger charge is 2.16. The number of benzene rings is 1. The molecular weight excluding hydrogens is 352 g/mol. The number of amides is 1. The summed E-state index contributed by atoms with van der Waals surface area (Å²) in [5.41, 5.74) is 0.753. The number of nitro benzene ring substituents is 1. The van der Waals surface area contributed by atoms with E-state index in [9.17, 15) is 14.9 Å². The van der Waals surface area contributed by atoms with Gasteiger partial charge in [0, 0.05) is 23.1 Å². The Bertz CT molecular complexity index is 934. The van der Waals surface area contributed by atoms with Crippen molar-refractivity contribution < 1.29 is 9.72 Å². The number of hydrogen-bond donors (Lipinski definition) is 2. The number of carbonyl (C=O) groups excluding carboxylic acids is 1. The van der Waals surface area contributed by atoms with Gasteiger partial charge in [-0.15, -0.1) is 11.3 Å². The molecule has 122 valence electrons. The van der Waals surface area contributed by atoms with E-state index < -0.39 is 10.8 Å². The van der Waals surface area contributed by atoms with Crippen LogP contribution in [0.25, 0.3) is 10.6 Å². The summed E-state index contributed by atoms with van der Waals surface area (Å²) in [6.07, 6.45) is 0. The van der Waals surface area contributed by atoms with Crippen molar-refractivity contribution in [2.45, 2.75) is 6.92 Å². The van der Waals surface area contributed by atoms with E-state index in [-0.39, 0.29) is 16.3 Å². The Hall–Kier alpha value is -2.71. The van der Waals surface area contributed by atoms with Gasteiger partial charge in [0.1, 0.15) is 0 Å². The van der Waals surface area contributed by atoms with Gasteiger partial charge in [0.05, 0.1) is 26.1 Å². The molecule has 2 N–H and O–H groups in total. The molecule has 0 saturated heterocycles. The lowest BCUT2D eigenvalue weighted by Gasteiger charge is -2.03. The highest BCUT2D eigenvalue weighted by Crippen LogP contribution is 2.28. The summed E-state index contributed by atoms with van der Waals surface area (Å²) in [5, 5.41) is 20.2. The Balaban J connectivity index is 1.78. The molecule has 9 heteroatoms. The first kappa shape index (κ1) is 16.2. The highest BCUT2D eigenvalue weighted by molar-refractivity contribution is 7.15. The normalized spacial score (nSPS) is 10.6. The zero-order valence-electron chi connectivity index (χ0n) is 12.4. The SMILES string of the molecule is Cc1ccc(-c2cc(NC(=O)c3ccc([N+](=O)[O-])cc3Cl)n[nH]2)s1. The van der Waals surface area contributed by atoms with Gasteiger partial charge < -0.3 is 5.32 Å². The molecule has 1 amide bonds. The van der Waals surface area contributed by atoms with Crippen LogP contribution in [0.1, 0.15) is 15.2 Å². The maximum atomic E-state index is 12.2. The number of aromatic nitrogens is 2. The summed E-state index contributed by atoms with van der Waals surface area (Å²) >= 11 is 7.55. The van der Waals surface area contributed by atoms with E-state index in [1.807, 2.05) is 19.1 Å². The molecule has 0 fully saturated rings. The molecule has 3 aromatic rings. The van der Waals surface area contributed by atoms with E-state index in [1.165, 1.54) is 17.0 Å². The monoisotopic (exact) mass is 362 g/mol. The molecular formula is C15H11ClN4O3S. The maximum Gasteiger partial charge on any atom is 0.270 e. The van der Waals surface area contributed by atoms with Crippen molar-refractivity contribution in [3.63, 3.8) is 0 Å². The van der Waals surface area contributed by atoms with Crippen LogP contribution in [0.15, 0.2) is 36.4 Å². The number of H-pyrrole nitrogens is 1.